The number of hydrogen-bond donors (Lipinski definition) is 1. The minimum Gasteiger partial charge on any atom is -0.482 e. The highest BCUT2D eigenvalue weighted by Gasteiger charge is 2.27. The third-order valence-electron chi connectivity index (χ3n) is 2.96. The summed E-state index contributed by atoms with van der Waals surface area (Å²) >= 11 is 11.7. The second-order valence-corrected chi connectivity index (χ2v) is 5.45. The molecule has 1 aromatic carbocycles. The van der Waals surface area contributed by atoms with Crippen LogP contribution in [-0.2, 0) is 9.59 Å². The van der Waals surface area contributed by atoms with Gasteiger partial charge in [0.1, 0.15) is 5.75 Å². The molecular formula is C13H14Cl2N2O3. The molecule has 5 nitrogen and oxygen atoms in total. The Balaban J connectivity index is 1.82. The van der Waals surface area contributed by atoms with Crippen LogP contribution in [0, 0.1) is 0 Å². The second kappa shape index (κ2) is 6.33. The van der Waals surface area contributed by atoms with E-state index >= 15 is 0 Å². The Morgan fingerprint density at radius 2 is 2.25 bits per heavy atom. The van der Waals surface area contributed by atoms with Crippen LogP contribution in [0.1, 0.15) is 6.42 Å². The minimum absolute atomic E-state index is 0.0250. The smallest absolute Gasteiger partial charge is 0.258 e. The first-order valence-electron chi connectivity index (χ1n) is 6.07. The summed E-state index contributed by atoms with van der Waals surface area (Å²) < 4.78 is 5.32. The van der Waals surface area contributed by atoms with Gasteiger partial charge in [0.2, 0.25) is 5.91 Å². The molecule has 1 saturated heterocycles. The Morgan fingerprint density at radius 3 is 2.85 bits per heavy atom. The molecule has 0 bridgehead atoms. The van der Waals surface area contributed by atoms with Crippen molar-refractivity contribution in [2.75, 3.05) is 20.2 Å². The first kappa shape index (κ1) is 14.9. The molecule has 0 aliphatic carbocycles. The van der Waals surface area contributed by atoms with E-state index in [9.17, 15) is 9.59 Å². The Kier molecular flexibility index (Phi) is 4.73. The largest absolute Gasteiger partial charge is 0.482 e. The van der Waals surface area contributed by atoms with Gasteiger partial charge in [-0.25, -0.2) is 0 Å². The summed E-state index contributed by atoms with van der Waals surface area (Å²) in [5.41, 5.74) is 0. The molecule has 7 heteroatoms. The number of carbonyl (C=O) groups is 2. The number of amides is 2. The highest BCUT2D eigenvalue weighted by atomic mass is 35.5. The monoisotopic (exact) mass is 316 g/mol. The van der Waals surface area contributed by atoms with Gasteiger partial charge in [-0.3, -0.25) is 9.59 Å². The van der Waals surface area contributed by atoms with E-state index in [2.05, 4.69) is 5.32 Å². The Bertz CT molecular complexity index is 536. The Morgan fingerprint density at radius 1 is 1.50 bits per heavy atom. The summed E-state index contributed by atoms with van der Waals surface area (Å²) in [5.74, 6) is 0.131. The van der Waals surface area contributed by atoms with Crippen LogP contribution in [0.25, 0.3) is 0 Å². The molecule has 1 unspecified atom stereocenters. The molecule has 20 heavy (non-hydrogen) atoms. The Hall–Kier alpha value is -1.46. The molecule has 1 aromatic rings. The number of likely N-dealkylation sites (tertiary alicyclic amines) is 1. The second-order valence-electron chi connectivity index (χ2n) is 4.61. The first-order valence-corrected chi connectivity index (χ1v) is 6.82. The van der Waals surface area contributed by atoms with Crippen molar-refractivity contribution in [3.8, 4) is 5.75 Å². The van der Waals surface area contributed by atoms with E-state index in [-0.39, 0.29) is 24.5 Å². The quantitative estimate of drug-likeness (QED) is 0.920. The van der Waals surface area contributed by atoms with Crippen molar-refractivity contribution in [2.45, 2.75) is 12.5 Å². The number of halogens is 2. The molecule has 1 atom stereocenters. The highest BCUT2D eigenvalue weighted by Crippen LogP contribution is 2.27. The lowest BCUT2D eigenvalue weighted by Crippen LogP contribution is -2.39. The number of ether oxygens (including phenoxy) is 1. The van der Waals surface area contributed by atoms with Crippen molar-refractivity contribution < 1.29 is 14.3 Å². The number of hydrogen-bond acceptors (Lipinski definition) is 3. The highest BCUT2D eigenvalue weighted by molar-refractivity contribution is 6.35. The molecule has 1 aliphatic rings. The van der Waals surface area contributed by atoms with Gasteiger partial charge in [0.15, 0.2) is 6.61 Å². The zero-order valence-electron chi connectivity index (χ0n) is 10.9. The molecule has 1 aliphatic heterocycles. The summed E-state index contributed by atoms with van der Waals surface area (Å²) in [5, 5.41) is 3.59. The van der Waals surface area contributed by atoms with Crippen LogP contribution in [0.3, 0.4) is 0 Å². The van der Waals surface area contributed by atoms with Crippen LogP contribution in [0.4, 0.5) is 0 Å². The van der Waals surface area contributed by atoms with Crippen LogP contribution in [-0.4, -0.2) is 43.0 Å². The predicted octanol–water partition coefficient (Wildman–Crippen LogP) is 1.72. The molecule has 1 heterocycles. The number of nitrogens with one attached hydrogen (secondary N) is 1. The van der Waals surface area contributed by atoms with Gasteiger partial charge in [-0.1, -0.05) is 23.2 Å². The van der Waals surface area contributed by atoms with Gasteiger partial charge in [-0.2, -0.15) is 0 Å². The van der Waals surface area contributed by atoms with Crippen LogP contribution >= 0.6 is 23.2 Å². The molecule has 2 rings (SSSR count). The van der Waals surface area contributed by atoms with Crippen molar-refractivity contribution >= 4 is 35.0 Å². The summed E-state index contributed by atoms with van der Waals surface area (Å²) in [6, 6.07) is 4.61. The van der Waals surface area contributed by atoms with Gasteiger partial charge in [0.05, 0.1) is 11.1 Å². The van der Waals surface area contributed by atoms with Crippen LogP contribution in [0.15, 0.2) is 18.2 Å². The third kappa shape index (κ3) is 3.77. The van der Waals surface area contributed by atoms with E-state index in [0.717, 1.165) is 0 Å². The maximum Gasteiger partial charge on any atom is 0.258 e. The van der Waals surface area contributed by atoms with Crippen molar-refractivity contribution in [3.63, 3.8) is 0 Å². The van der Waals surface area contributed by atoms with E-state index in [0.29, 0.717) is 28.8 Å². The molecule has 108 valence electrons. The Labute approximate surface area is 126 Å². The number of likely N-dealkylation sites (N-methyl/N-ethyl adjacent to an activating group) is 1. The fraction of sp³-hybridized carbons (Fsp3) is 0.385. The fourth-order valence-corrected chi connectivity index (χ4v) is 2.43. The summed E-state index contributed by atoms with van der Waals surface area (Å²) in [7, 11) is 1.71. The van der Waals surface area contributed by atoms with Gasteiger partial charge in [-0.15, -0.1) is 0 Å². The molecule has 0 radical (unpaired) electrons. The first-order chi connectivity index (χ1) is 9.45. The minimum atomic E-state index is -0.288. The van der Waals surface area contributed by atoms with Crippen molar-refractivity contribution in [3.05, 3.63) is 28.2 Å². The van der Waals surface area contributed by atoms with Gasteiger partial charge in [0.25, 0.3) is 5.91 Å². The lowest BCUT2D eigenvalue weighted by molar-refractivity contribution is -0.126. The lowest BCUT2D eigenvalue weighted by atomic mass is 10.2. The maximum atomic E-state index is 11.7. The van der Waals surface area contributed by atoms with Gasteiger partial charge in [-0.05, 0) is 18.2 Å². The van der Waals surface area contributed by atoms with Crippen molar-refractivity contribution in [2.24, 2.45) is 0 Å². The molecule has 0 aromatic heterocycles. The lowest BCUT2D eigenvalue weighted by Gasteiger charge is -2.13. The summed E-state index contributed by atoms with van der Waals surface area (Å²) in [6.45, 7) is 0.363. The number of nitrogens with zero attached hydrogens (tertiary/aromatic N) is 1. The fourth-order valence-electron chi connectivity index (χ4n) is 1.97. The summed E-state index contributed by atoms with van der Waals surface area (Å²) in [6.07, 6.45) is 0.323. The number of benzene rings is 1. The van der Waals surface area contributed by atoms with E-state index in [1.54, 1.807) is 30.1 Å². The molecule has 1 N–H and O–H groups in total. The maximum absolute atomic E-state index is 11.7. The van der Waals surface area contributed by atoms with Gasteiger partial charge < -0.3 is 15.0 Å². The normalized spacial score (nSPS) is 18.2. The number of rotatable bonds is 4. The van der Waals surface area contributed by atoms with Crippen molar-refractivity contribution in [1.82, 2.24) is 10.2 Å². The van der Waals surface area contributed by atoms with Gasteiger partial charge in [0, 0.05) is 25.0 Å². The molecule has 0 spiro atoms. The third-order valence-corrected chi connectivity index (χ3v) is 3.49. The zero-order valence-corrected chi connectivity index (χ0v) is 12.4. The number of carbonyl (C=O) groups excluding carboxylic acids is 2. The zero-order chi connectivity index (χ0) is 14.7. The van der Waals surface area contributed by atoms with E-state index in [1.807, 2.05) is 0 Å². The average Bonchev–Trinajstić information content (AvgIpc) is 2.67. The van der Waals surface area contributed by atoms with E-state index < -0.39 is 0 Å². The predicted molar refractivity (Wildman–Crippen MR) is 76.1 cm³/mol. The van der Waals surface area contributed by atoms with Gasteiger partial charge >= 0.3 is 0 Å². The topological polar surface area (TPSA) is 58.6 Å². The van der Waals surface area contributed by atoms with Crippen LogP contribution in [0.5, 0.6) is 5.75 Å². The molecule has 1 fully saturated rings. The standard InChI is InChI=1S/C13H14Cl2N2O3/c1-17-6-9(5-13(17)19)16-12(18)7-20-11-3-2-8(14)4-10(11)15/h2-4,9H,5-7H2,1H3,(H,16,18). The van der Waals surface area contributed by atoms with Crippen molar-refractivity contribution in [1.29, 1.82) is 0 Å². The molecular weight excluding hydrogens is 303 g/mol. The molecule has 2 amide bonds. The van der Waals surface area contributed by atoms with E-state index in [1.165, 1.54) is 0 Å². The van der Waals surface area contributed by atoms with Crippen LogP contribution in [0.2, 0.25) is 10.0 Å². The average molecular weight is 317 g/mol. The van der Waals surface area contributed by atoms with Crippen LogP contribution < -0.4 is 10.1 Å². The molecule has 0 saturated carbocycles. The SMILES string of the molecule is CN1CC(NC(=O)COc2ccc(Cl)cc2Cl)CC1=O. The van der Waals surface area contributed by atoms with E-state index in [4.69, 9.17) is 27.9 Å². The summed E-state index contributed by atoms with van der Waals surface area (Å²) in [4.78, 5) is 24.6.